The summed E-state index contributed by atoms with van der Waals surface area (Å²) >= 11 is 0. The van der Waals surface area contributed by atoms with Gasteiger partial charge in [-0.15, -0.1) is 0 Å². The molecule has 0 saturated heterocycles. The van der Waals surface area contributed by atoms with E-state index in [9.17, 15) is 4.39 Å². The van der Waals surface area contributed by atoms with E-state index >= 15 is 0 Å². The van der Waals surface area contributed by atoms with Gasteiger partial charge in [0.25, 0.3) is 0 Å². The molecule has 0 nitrogen and oxygen atoms in total. The number of fused-ring (bicyclic) bond motifs is 1. The van der Waals surface area contributed by atoms with Crippen LogP contribution in [-0.4, -0.2) is 6.91 Å². The van der Waals surface area contributed by atoms with Crippen molar-refractivity contribution >= 4 is 17.7 Å². The fraction of sp³-hybridized carbons (Fsp3) is 0.250. The Morgan fingerprint density at radius 1 is 1.29 bits per heavy atom. The quantitative estimate of drug-likeness (QED) is 0.641. The number of benzene rings is 1. The third-order valence-corrected chi connectivity index (χ3v) is 2.66. The second kappa shape index (κ2) is 3.53. The number of hydrogen-bond acceptors (Lipinski definition) is 0. The Kier molecular flexibility index (Phi) is 2.36. The number of aryl methyl sites for hydroxylation is 2. The van der Waals surface area contributed by atoms with Crippen molar-refractivity contribution in [3.8, 4) is 0 Å². The van der Waals surface area contributed by atoms with E-state index in [1.165, 1.54) is 0 Å². The van der Waals surface area contributed by atoms with Gasteiger partial charge in [0.2, 0.25) is 0 Å². The molecule has 0 atom stereocenters. The first-order chi connectivity index (χ1) is 6.74. The van der Waals surface area contributed by atoms with Gasteiger partial charge in [-0.05, 0) is 0 Å². The van der Waals surface area contributed by atoms with Gasteiger partial charge in [0.15, 0.2) is 0 Å². The Bertz CT molecular complexity index is 477. The van der Waals surface area contributed by atoms with Crippen molar-refractivity contribution < 1.29 is 4.39 Å². The van der Waals surface area contributed by atoms with Crippen molar-refractivity contribution in [3.63, 3.8) is 0 Å². The molecule has 1 heterocycles. The molecule has 0 aliphatic rings. The van der Waals surface area contributed by atoms with Crippen LogP contribution in [0.4, 0.5) is 4.39 Å². The molecule has 0 radical (unpaired) electrons. The molecule has 2 rings (SSSR count). The van der Waals surface area contributed by atoms with Crippen molar-refractivity contribution in [2.45, 2.75) is 20.3 Å². The van der Waals surface area contributed by atoms with Crippen LogP contribution in [0.25, 0.3) is 10.8 Å². The molecular formula is C12H12BF. The Morgan fingerprint density at radius 2 is 2.07 bits per heavy atom. The SMILES string of the molecule is CCc1c(F)ccc2cbcc(C)c12. The van der Waals surface area contributed by atoms with Crippen LogP contribution >= 0.6 is 0 Å². The van der Waals surface area contributed by atoms with Crippen LogP contribution in [0, 0.1) is 12.7 Å². The van der Waals surface area contributed by atoms with E-state index in [2.05, 4.69) is 0 Å². The van der Waals surface area contributed by atoms with Gasteiger partial charge in [0, 0.05) is 0 Å². The van der Waals surface area contributed by atoms with Crippen molar-refractivity contribution in [3.05, 3.63) is 41.0 Å². The molecule has 0 bridgehead atoms. The van der Waals surface area contributed by atoms with E-state index in [1.54, 1.807) is 6.07 Å². The third kappa shape index (κ3) is 1.35. The van der Waals surface area contributed by atoms with Gasteiger partial charge < -0.3 is 0 Å². The van der Waals surface area contributed by atoms with Crippen molar-refractivity contribution in [1.29, 1.82) is 0 Å². The maximum absolute atomic E-state index is 13.5. The minimum absolute atomic E-state index is 0.0886. The average molecular weight is 186 g/mol. The number of halogens is 1. The summed E-state index contributed by atoms with van der Waals surface area (Å²) in [7, 11) is 0. The van der Waals surface area contributed by atoms with Gasteiger partial charge >= 0.3 is 83.3 Å². The summed E-state index contributed by atoms with van der Waals surface area (Å²) in [6, 6.07) is 3.40. The Balaban J connectivity index is 2.91. The molecule has 1 aromatic carbocycles. The number of rotatable bonds is 1. The minimum atomic E-state index is -0.0886. The normalized spacial score (nSPS) is 10.5. The van der Waals surface area contributed by atoms with Crippen LogP contribution < -0.4 is 0 Å². The van der Waals surface area contributed by atoms with Gasteiger partial charge in [-0.1, -0.05) is 0 Å². The molecule has 0 N–H and O–H groups in total. The summed E-state index contributed by atoms with van der Waals surface area (Å²) < 4.78 is 13.5. The molecule has 0 unspecified atom stereocenters. The topological polar surface area (TPSA) is 0 Å². The van der Waals surface area contributed by atoms with Crippen LogP contribution in [-0.2, 0) is 6.42 Å². The van der Waals surface area contributed by atoms with E-state index in [4.69, 9.17) is 0 Å². The Labute approximate surface area is 84.0 Å². The first kappa shape index (κ1) is 9.38. The molecule has 0 amide bonds. The molecule has 1 aromatic heterocycles. The molecule has 0 fully saturated rings. The van der Waals surface area contributed by atoms with Gasteiger partial charge in [-0.25, -0.2) is 0 Å². The van der Waals surface area contributed by atoms with Crippen LogP contribution in [0.15, 0.2) is 24.1 Å². The summed E-state index contributed by atoms with van der Waals surface area (Å²) in [5.41, 5.74) is 1.99. The summed E-state index contributed by atoms with van der Waals surface area (Å²) in [5.74, 6) is 3.97. The molecular weight excluding hydrogens is 174 g/mol. The first-order valence-corrected chi connectivity index (χ1v) is 4.90. The van der Waals surface area contributed by atoms with Gasteiger partial charge in [0.05, 0.1) is 0 Å². The molecule has 70 valence electrons. The van der Waals surface area contributed by atoms with E-state index in [1.807, 2.05) is 38.7 Å². The van der Waals surface area contributed by atoms with Crippen molar-refractivity contribution in [1.82, 2.24) is 0 Å². The van der Waals surface area contributed by atoms with E-state index in [0.717, 1.165) is 28.3 Å². The maximum atomic E-state index is 13.5. The Hall–Kier alpha value is -1.18. The van der Waals surface area contributed by atoms with Crippen LogP contribution in [0.3, 0.4) is 0 Å². The zero-order valence-electron chi connectivity index (χ0n) is 8.47. The zero-order chi connectivity index (χ0) is 10.1. The molecule has 0 aliphatic heterocycles. The van der Waals surface area contributed by atoms with Gasteiger partial charge in [-0.2, -0.15) is 0 Å². The average Bonchev–Trinajstić information content (AvgIpc) is 2.19. The van der Waals surface area contributed by atoms with Crippen molar-refractivity contribution in [2.24, 2.45) is 0 Å². The predicted octanol–water partition coefficient (Wildman–Crippen LogP) is 3.19. The van der Waals surface area contributed by atoms with Crippen LogP contribution in [0.1, 0.15) is 18.1 Å². The summed E-state index contributed by atoms with van der Waals surface area (Å²) in [4.78, 5) is 0. The fourth-order valence-corrected chi connectivity index (χ4v) is 1.97. The first-order valence-electron chi connectivity index (χ1n) is 4.90. The summed E-state index contributed by atoms with van der Waals surface area (Å²) in [5, 5.41) is 2.21. The zero-order valence-corrected chi connectivity index (χ0v) is 8.47. The van der Waals surface area contributed by atoms with Gasteiger partial charge in [0.1, 0.15) is 0 Å². The van der Waals surface area contributed by atoms with Crippen LogP contribution in [0.2, 0.25) is 0 Å². The monoisotopic (exact) mass is 186 g/mol. The van der Waals surface area contributed by atoms with Crippen molar-refractivity contribution in [2.75, 3.05) is 0 Å². The van der Waals surface area contributed by atoms with E-state index in [-0.39, 0.29) is 5.82 Å². The Morgan fingerprint density at radius 3 is 2.79 bits per heavy atom. The standard InChI is InChI=1S/C12H12BF/c1-3-10-11(14)5-4-9-7-13-6-8(2)12(9)10/h4-7H,3H2,1-2H3. The number of hydrogen-bond donors (Lipinski definition) is 0. The summed E-state index contributed by atoms with van der Waals surface area (Å²) in [6.45, 7) is 6.03. The molecule has 2 aromatic rings. The molecule has 0 saturated carbocycles. The van der Waals surface area contributed by atoms with Gasteiger partial charge in [-0.3, -0.25) is 0 Å². The predicted molar refractivity (Wildman–Crippen MR) is 59.4 cm³/mol. The van der Waals surface area contributed by atoms with E-state index < -0.39 is 0 Å². The second-order valence-corrected chi connectivity index (χ2v) is 3.55. The van der Waals surface area contributed by atoms with E-state index in [0.29, 0.717) is 0 Å². The molecule has 0 spiro atoms. The van der Waals surface area contributed by atoms with Crippen LogP contribution in [0.5, 0.6) is 0 Å². The molecule has 14 heavy (non-hydrogen) atoms. The third-order valence-electron chi connectivity index (χ3n) is 2.66. The summed E-state index contributed by atoms with van der Waals surface area (Å²) in [6.07, 6.45) is 0.744. The second-order valence-electron chi connectivity index (χ2n) is 3.55. The fourth-order valence-electron chi connectivity index (χ4n) is 1.97. The molecule has 2 heteroatoms. The molecule has 0 aliphatic carbocycles.